The highest BCUT2D eigenvalue weighted by Gasteiger charge is 2.38. The molecule has 2 amide bonds. The Labute approximate surface area is 96.4 Å². The molecule has 0 saturated heterocycles. The molecule has 2 saturated carbocycles. The minimum atomic E-state index is 0.120. The predicted octanol–water partition coefficient (Wildman–Crippen LogP) is 0.769. The molecule has 0 unspecified atom stereocenters. The van der Waals surface area contributed by atoms with Gasteiger partial charge >= 0.3 is 0 Å². The van der Waals surface area contributed by atoms with Crippen LogP contribution in [0.25, 0.3) is 0 Å². The second-order valence-electron chi connectivity index (χ2n) is 5.10. The second-order valence-corrected chi connectivity index (χ2v) is 5.10. The highest BCUT2D eigenvalue weighted by atomic mass is 16.2. The highest BCUT2D eigenvalue weighted by Crippen LogP contribution is 2.37. The van der Waals surface area contributed by atoms with E-state index in [1.54, 1.807) is 0 Å². The van der Waals surface area contributed by atoms with E-state index in [-0.39, 0.29) is 17.7 Å². The number of hydrogen-bond acceptors (Lipinski definition) is 2. The van der Waals surface area contributed by atoms with E-state index in [0.29, 0.717) is 24.9 Å². The first-order valence-corrected chi connectivity index (χ1v) is 6.13. The van der Waals surface area contributed by atoms with E-state index in [1.807, 2.05) is 11.9 Å². The van der Waals surface area contributed by atoms with Gasteiger partial charge < -0.3 is 10.2 Å². The lowest BCUT2D eigenvalue weighted by atomic mass is 10.3. The Hall–Kier alpha value is -1.06. The van der Waals surface area contributed by atoms with E-state index in [9.17, 15) is 9.59 Å². The summed E-state index contributed by atoms with van der Waals surface area (Å²) in [6, 6.07) is 0.464. The topological polar surface area (TPSA) is 49.4 Å². The van der Waals surface area contributed by atoms with Crippen molar-refractivity contribution in [1.29, 1.82) is 0 Å². The molecule has 0 heterocycles. The van der Waals surface area contributed by atoms with Crippen molar-refractivity contribution in [3.8, 4) is 0 Å². The van der Waals surface area contributed by atoms with Gasteiger partial charge in [0, 0.05) is 32.0 Å². The van der Waals surface area contributed by atoms with Gasteiger partial charge in [0.2, 0.25) is 11.8 Å². The van der Waals surface area contributed by atoms with Crippen molar-refractivity contribution in [1.82, 2.24) is 10.2 Å². The zero-order valence-electron chi connectivity index (χ0n) is 10.0. The molecule has 2 atom stereocenters. The van der Waals surface area contributed by atoms with Crippen LogP contribution in [0.15, 0.2) is 0 Å². The zero-order valence-corrected chi connectivity index (χ0v) is 10.0. The maximum atomic E-state index is 11.6. The third kappa shape index (κ3) is 2.74. The molecule has 0 aromatic heterocycles. The molecular weight excluding hydrogens is 204 g/mol. The summed E-state index contributed by atoms with van der Waals surface area (Å²) in [5.41, 5.74) is 0. The normalized spacial score (nSPS) is 27.4. The fraction of sp³-hybridized carbons (Fsp3) is 0.833. The first kappa shape index (κ1) is 11.4. The average molecular weight is 224 g/mol. The van der Waals surface area contributed by atoms with Crippen molar-refractivity contribution in [3.05, 3.63) is 0 Å². The molecule has 0 bridgehead atoms. The van der Waals surface area contributed by atoms with Crippen LogP contribution in [0, 0.1) is 11.8 Å². The maximum Gasteiger partial charge on any atom is 0.224 e. The Bertz CT molecular complexity index is 299. The molecule has 2 fully saturated rings. The van der Waals surface area contributed by atoms with E-state index in [1.165, 1.54) is 0 Å². The summed E-state index contributed by atoms with van der Waals surface area (Å²) in [7, 11) is 1.85. The fourth-order valence-corrected chi connectivity index (χ4v) is 1.95. The van der Waals surface area contributed by atoms with Crippen LogP contribution in [-0.2, 0) is 9.59 Å². The summed E-state index contributed by atoms with van der Waals surface area (Å²) in [6.45, 7) is 2.56. The summed E-state index contributed by atoms with van der Waals surface area (Å²) >= 11 is 0. The minimum absolute atomic E-state index is 0.120. The molecule has 2 aliphatic rings. The van der Waals surface area contributed by atoms with E-state index < -0.39 is 0 Å². The summed E-state index contributed by atoms with van der Waals surface area (Å²) in [4.78, 5) is 24.9. The molecule has 0 radical (unpaired) electrons. The Kier molecular flexibility index (Phi) is 3.17. The summed E-state index contributed by atoms with van der Waals surface area (Å²) in [6.07, 6.45) is 3.70. The monoisotopic (exact) mass is 224 g/mol. The van der Waals surface area contributed by atoms with Crippen LogP contribution in [-0.4, -0.2) is 36.3 Å². The van der Waals surface area contributed by atoms with Crippen LogP contribution >= 0.6 is 0 Å². The lowest BCUT2D eigenvalue weighted by Crippen LogP contribution is -2.33. The van der Waals surface area contributed by atoms with E-state index >= 15 is 0 Å². The van der Waals surface area contributed by atoms with Gasteiger partial charge in [-0.05, 0) is 25.2 Å². The SMILES string of the molecule is C[C@H]1C[C@H]1C(=O)NCCC(=O)N(C)C1CC1. The van der Waals surface area contributed by atoms with Crippen molar-refractivity contribution in [2.45, 2.75) is 38.6 Å². The first-order valence-electron chi connectivity index (χ1n) is 6.13. The number of nitrogens with zero attached hydrogens (tertiary/aromatic N) is 1. The summed E-state index contributed by atoms with van der Waals surface area (Å²) < 4.78 is 0. The molecule has 2 aliphatic carbocycles. The largest absolute Gasteiger partial charge is 0.355 e. The Morgan fingerprint density at radius 3 is 2.50 bits per heavy atom. The zero-order chi connectivity index (χ0) is 11.7. The van der Waals surface area contributed by atoms with E-state index in [2.05, 4.69) is 12.2 Å². The molecule has 4 nitrogen and oxygen atoms in total. The quantitative estimate of drug-likeness (QED) is 0.750. The van der Waals surface area contributed by atoms with Gasteiger partial charge in [-0.2, -0.15) is 0 Å². The molecule has 4 heteroatoms. The fourth-order valence-electron chi connectivity index (χ4n) is 1.95. The van der Waals surface area contributed by atoms with Gasteiger partial charge in [0.15, 0.2) is 0 Å². The van der Waals surface area contributed by atoms with Crippen molar-refractivity contribution < 1.29 is 9.59 Å². The molecule has 0 aromatic rings. The second kappa shape index (κ2) is 4.44. The van der Waals surface area contributed by atoms with Gasteiger partial charge in [-0.15, -0.1) is 0 Å². The lowest BCUT2D eigenvalue weighted by molar-refractivity contribution is -0.130. The molecule has 2 rings (SSSR count). The number of nitrogens with one attached hydrogen (secondary N) is 1. The van der Waals surface area contributed by atoms with Crippen LogP contribution in [0.2, 0.25) is 0 Å². The summed E-state index contributed by atoms with van der Waals surface area (Å²) in [5.74, 6) is 1.00. The van der Waals surface area contributed by atoms with Crippen LogP contribution in [0.1, 0.15) is 32.6 Å². The van der Waals surface area contributed by atoms with Gasteiger partial charge in [0.25, 0.3) is 0 Å². The van der Waals surface area contributed by atoms with Crippen LogP contribution in [0.3, 0.4) is 0 Å². The van der Waals surface area contributed by atoms with Gasteiger partial charge in [-0.25, -0.2) is 0 Å². The molecule has 0 spiro atoms. The van der Waals surface area contributed by atoms with Gasteiger partial charge in [0.05, 0.1) is 0 Å². The molecule has 0 aliphatic heterocycles. The molecule has 16 heavy (non-hydrogen) atoms. The van der Waals surface area contributed by atoms with E-state index in [4.69, 9.17) is 0 Å². The van der Waals surface area contributed by atoms with E-state index in [0.717, 1.165) is 19.3 Å². The number of carbonyl (C=O) groups excluding carboxylic acids is 2. The maximum absolute atomic E-state index is 11.6. The van der Waals surface area contributed by atoms with Crippen molar-refractivity contribution in [2.24, 2.45) is 11.8 Å². The average Bonchev–Trinajstić information content (AvgIpc) is 3.09. The third-order valence-corrected chi connectivity index (χ3v) is 3.57. The molecular formula is C12H20N2O2. The van der Waals surface area contributed by atoms with Gasteiger partial charge in [-0.3, -0.25) is 9.59 Å². The van der Waals surface area contributed by atoms with Crippen molar-refractivity contribution in [2.75, 3.05) is 13.6 Å². The lowest BCUT2D eigenvalue weighted by Gasteiger charge is -2.16. The standard InChI is InChI=1S/C12H20N2O2/c1-8-7-10(8)12(16)13-6-5-11(15)14(2)9-3-4-9/h8-10H,3-7H2,1-2H3,(H,13,16)/t8-,10+/m0/s1. The van der Waals surface area contributed by atoms with Crippen LogP contribution in [0.4, 0.5) is 0 Å². The van der Waals surface area contributed by atoms with Crippen LogP contribution in [0.5, 0.6) is 0 Å². The number of rotatable bonds is 5. The number of carbonyl (C=O) groups is 2. The Morgan fingerprint density at radius 2 is 2.00 bits per heavy atom. The molecule has 90 valence electrons. The molecule has 1 N–H and O–H groups in total. The number of hydrogen-bond donors (Lipinski definition) is 1. The smallest absolute Gasteiger partial charge is 0.224 e. The molecule has 0 aromatic carbocycles. The summed E-state index contributed by atoms with van der Waals surface area (Å²) in [5, 5.41) is 2.83. The predicted molar refractivity (Wildman–Crippen MR) is 60.7 cm³/mol. The highest BCUT2D eigenvalue weighted by molar-refractivity contribution is 5.82. The van der Waals surface area contributed by atoms with Crippen molar-refractivity contribution in [3.63, 3.8) is 0 Å². The van der Waals surface area contributed by atoms with Crippen molar-refractivity contribution >= 4 is 11.8 Å². The third-order valence-electron chi connectivity index (χ3n) is 3.57. The Balaban J connectivity index is 1.60. The first-order chi connectivity index (χ1) is 7.59. The van der Waals surface area contributed by atoms with Crippen LogP contribution < -0.4 is 5.32 Å². The number of amides is 2. The van der Waals surface area contributed by atoms with Gasteiger partial charge in [-0.1, -0.05) is 6.92 Å². The minimum Gasteiger partial charge on any atom is -0.355 e. The Morgan fingerprint density at radius 1 is 1.38 bits per heavy atom. The van der Waals surface area contributed by atoms with Gasteiger partial charge in [0.1, 0.15) is 0 Å².